The molecule has 0 aliphatic carbocycles. The molecule has 146 valence electrons. The third kappa shape index (κ3) is 12.2. The molecule has 0 fully saturated rings. The molecule has 0 spiro atoms. The van der Waals surface area contributed by atoms with Gasteiger partial charge in [0.25, 0.3) is 0 Å². The molecule has 2 atom stereocenters. The maximum absolute atomic E-state index is 10.0. The standard InChI is InChI=1S/C20H42O4/c1-3-4-5-6-7-8-9-10-11-12-13-14-15-16-17-20(23,24-2)19(22)18-21/h19,21-23H,3-18H2,1-2H3. The number of aliphatic hydroxyl groups is 3. The average Bonchev–Trinajstić information content (AvgIpc) is 2.61. The first kappa shape index (κ1) is 23.8. The van der Waals surface area contributed by atoms with Crippen molar-refractivity contribution in [3.63, 3.8) is 0 Å². The van der Waals surface area contributed by atoms with Crippen molar-refractivity contribution in [1.29, 1.82) is 0 Å². The molecule has 2 unspecified atom stereocenters. The van der Waals surface area contributed by atoms with Crippen molar-refractivity contribution in [2.24, 2.45) is 0 Å². The van der Waals surface area contributed by atoms with E-state index >= 15 is 0 Å². The summed E-state index contributed by atoms with van der Waals surface area (Å²) in [4.78, 5) is 0. The third-order valence-corrected chi connectivity index (χ3v) is 4.94. The molecule has 0 aromatic rings. The fraction of sp³-hybridized carbons (Fsp3) is 1.00. The van der Waals surface area contributed by atoms with Crippen molar-refractivity contribution in [3.05, 3.63) is 0 Å². The second-order valence-electron chi connectivity index (χ2n) is 7.09. The quantitative estimate of drug-likeness (QED) is 0.252. The van der Waals surface area contributed by atoms with E-state index in [1.807, 2.05) is 0 Å². The Balaban J connectivity index is 3.33. The SMILES string of the molecule is CCCCCCCCCCCCCCCCC(O)(OC)C(O)CO. The van der Waals surface area contributed by atoms with Gasteiger partial charge in [0.1, 0.15) is 6.10 Å². The molecular weight excluding hydrogens is 304 g/mol. The summed E-state index contributed by atoms with van der Waals surface area (Å²) < 4.78 is 4.95. The minimum atomic E-state index is -1.61. The number of methoxy groups -OCH3 is 1. The van der Waals surface area contributed by atoms with Gasteiger partial charge in [-0.15, -0.1) is 0 Å². The number of rotatable bonds is 18. The fourth-order valence-electron chi connectivity index (χ4n) is 3.12. The van der Waals surface area contributed by atoms with Gasteiger partial charge in [-0.2, -0.15) is 0 Å². The van der Waals surface area contributed by atoms with Crippen molar-refractivity contribution in [2.45, 2.75) is 115 Å². The minimum Gasteiger partial charge on any atom is -0.393 e. The van der Waals surface area contributed by atoms with Gasteiger partial charge in [0.2, 0.25) is 0 Å². The van der Waals surface area contributed by atoms with Crippen LogP contribution in [-0.4, -0.2) is 40.9 Å². The predicted molar refractivity (Wildman–Crippen MR) is 100.0 cm³/mol. The Hall–Kier alpha value is -0.160. The monoisotopic (exact) mass is 346 g/mol. The van der Waals surface area contributed by atoms with Gasteiger partial charge in [-0.05, 0) is 6.42 Å². The highest BCUT2D eigenvalue weighted by molar-refractivity contribution is 4.76. The highest BCUT2D eigenvalue weighted by Gasteiger charge is 2.34. The summed E-state index contributed by atoms with van der Waals surface area (Å²) in [5.74, 6) is -1.61. The fourth-order valence-corrected chi connectivity index (χ4v) is 3.12. The van der Waals surface area contributed by atoms with E-state index in [0.717, 1.165) is 19.3 Å². The van der Waals surface area contributed by atoms with Crippen molar-refractivity contribution in [2.75, 3.05) is 13.7 Å². The van der Waals surface area contributed by atoms with Crippen LogP contribution in [-0.2, 0) is 4.74 Å². The first-order valence-corrected chi connectivity index (χ1v) is 10.2. The van der Waals surface area contributed by atoms with Crippen LogP contribution in [0.15, 0.2) is 0 Å². The molecule has 0 rings (SSSR count). The molecule has 0 aromatic heterocycles. The van der Waals surface area contributed by atoms with Gasteiger partial charge < -0.3 is 20.1 Å². The van der Waals surface area contributed by atoms with Crippen molar-refractivity contribution in [1.82, 2.24) is 0 Å². The molecule has 0 saturated heterocycles. The van der Waals surface area contributed by atoms with Crippen molar-refractivity contribution in [3.8, 4) is 0 Å². The normalized spacial score (nSPS) is 15.4. The van der Waals surface area contributed by atoms with E-state index < -0.39 is 18.5 Å². The largest absolute Gasteiger partial charge is 0.393 e. The highest BCUT2D eigenvalue weighted by atomic mass is 16.6. The van der Waals surface area contributed by atoms with E-state index in [9.17, 15) is 10.2 Å². The zero-order chi connectivity index (χ0) is 18.1. The predicted octanol–water partition coefficient (Wildman–Crippen LogP) is 4.55. The number of ether oxygens (including phenoxy) is 1. The zero-order valence-corrected chi connectivity index (χ0v) is 16.1. The first-order valence-electron chi connectivity index (χ1n) is 10.2. The summed E-state index contributed by atoms with van der Waals surface area (Å²) in [5, 5.41) is 28.5. The molecule has 0 aliphatic rings. The van der Waals surface area contributed by atoms with Crippen LogP contribution in [0.4, 0.5) is 0 Å². The maximum atomic E-state index is 10.0. The highest BCUT2D eigenvalue weighted by Crippen LogP contribution is 2.21. The van der Waals surface area contributed by atoms with E-state index in [2.05, 4.69) is 6.92 Å². The molecule has 0 bridgehead atoms. The van der Waals surface area contributed by atoms with E-state index in [4.69, 9.17) is 9.84 Å². The molecule has 0 aliphatic heterocycles. The molecule has 24 heavy (non-hydrogen) atoms. The van der Waals surface area contributed by atoms with Crippen molar-refractivity contribution < 1.29 is 20.1 Å². The first-order chi connectivity index (χ1) is 11.6. The lowest BCUT2D eigenvalue weighted by molar-refractivity contribution is -0.253. The maximum Gasteiger partial charge on any atom is 0.193 e. The van der Waals surface area contributed by atoms with Gasteiger partial charge in [-0.1, -0.05) is 90.4 Å². The van der Waals surface area contributed by atoms with Crippen LogP contribution in [0.2, 0.25) is 0 Å². The van der Waals surface area contributed by atoms with Crippen LogP contribution in [0.3, 0.4) is 0 Å². The summed E-state index contributed by atoms with van der Waals surface area (Å²) in [6.45, 7) is 1.78. The Labute approximate surface area is 149 Å². The lowest BCUT2D eigenvalue weighted by atomic mass is 10.0. The van der Waals surface area contributed by atoms with Gasteiger partial charge in [-0.3, -0.25) is 0 Å². The molecule has 4 nitrogen and oxygen atoms in total. The minimum absolute atomic E-state index is 0.364. The van der Waals surface area contributed by atoms with Crippen LogP contribution in [0.25, 0.3) is 0 Å². The molecule has 0 radical (unpaired) electrons. The Morgan fingerprint density at radius 2 is 1.12 bits per heavy atom. The Kier molecular flexibility index (Phi) is 16.2. The number of hydrogen-bond donors (Lipinski definition) is 3. The van der Waals surface area contributed by atoms with E-state index in [0.29, 0.717) is 6.42 Å². The Morgan fingerprint density at radius 1 is 0.750 bits per heavy atom. The van der Waals surface area contributed by atoms with Gasteiger partial charge in [0.15, 0.2) is 5.79 Å². The van der Waals surface area contributed by atoms with Crippen LogP contribution >= 0.6 is 0 Å². The molecule has 0 saturated carbocycles. The average molecular weight is 347 g/mol. The van der Waals surface area contributed by atoms with E-state index in [1.54, 1.807) is 0 Å². The lowest BCUT2D eigenvalue weighted by Crippen LogP contribution is -2.46. The summed E-state index contributed by atoms with van der Waals surface area (Å²) in [6, 6.07) is 0. The topological polar surface area (TPSA) is 69.9 Å². The summed E-state index contributed by atoms with van der Waals surface area (Å²) in [5.41, 5.74) is 0. The molecule has 3 N–H and O–H groups in total. The second kappa shape index (κ2) is 16.3. The Morgan fingerprint density at radius 3 is 1.46 bits per heavy atom. The van der Waals surface area contributed by atoms with E-state index in [-0.39, 0.29) is 0 Å². The summed E-state index contributed by atoms with van der Waals surface area (Å²) in [6.07, 6.45) is 17.1. The summed E-state index contributed by atoms with van der Waals surface area (Å²) in [7, 11) is 1.36. The van der Waals surface area contributed by atoms with Crippen LogP contribution in [0.5, 0.6) is 0 Å². The van der Waals surface area contributed by atoms with Crippen LogP contribution in [0, 0.1) is 0 Å². The number of unbranched alkanes of at least 4 members (excludes halogenated alkanes) is 13. The van der Waals surface area contributed by atoms with Gasteiger partial charge in [0, 0.05) is 13.5 Å². The van der Waals surface area contributed by atoms with Gasteiger partial charge >= 0.3 is 0 Å². The molecule has 0 heterocycles. The van der Waals surface area contributed by atoms with E-state index in [1.165, 1.54) is 77.7 Å². The second-order valence-corrected chi connectivity index (χ2v) is 7.09. The molecule has 4 heteroatoms. The van der Waals surface area contributed by atoms with Crippen molar-refractivity contribution >= 4 is 0 Å². The Bertz CT molecular complexity index is 260. The number of hydrogen-bond acceptors (Lipinski definition) is 4. The summed E-state index contributed by atoms with van der Waals surface area (Å²) >= 11 is 0. The third-order valence-electron chi connectivity index (χ3n) is 4.94. The van der Waals surface area contributed by atoms with Gasteiger partial charge in [-0.25, -0.2) is 0 Å². The lowest BCUT2D eigenvalue weighted by Gasteiger charge is -2.30. The molecule has 0 aromatic carbocycles. The van der Waals surface area contributed by atoms with Gasteiger partial charge in [0.05, 0.1) is 6.61 Å². The molecular formula is C20H42O4. The smallest absolute Gasteiger partial charge is 0.193 e. The molecule has 0 amide bonds. The van der Waals surface area contributed by atoms with Crippen LogP contribution < -0.4 is 0 Å². The van der Waals surface area contributed by atoms with Crippen LogP contribution in [0.1, 0.15) is 103 Å². The zero-order valence-electron chi connectivity index (χ0n) is 16.1. The number of aliphatic hydroxyl groups excluding tert-OH is 2.